The van der Waals surface area contributed by atoms with Crippen molar-refractivity contribution in [2.24, 2.45) is 34.0 Å². The molecule has 0 saturated heterocycles. The Labute approximate surface area is 239 Å². The molecule has 3 saturated carbocycles. The lowest BCUT2D eigenvalue weighted by Crippen LogP contribution is -2.63. The monoisotopic (exact) mass is 576 g/mol. The average Bonchev–Trinajstić information content (AvgIpc) is 3.28. The topological polar surface area (TPSA) is 89.9 Å². The number of hydrogen-bond acceptors (Lipinski definition) is 6. The minimum absolute atomic E-state index is 0.0381. The van der Waals surface area contributed by atoms with Gasteiger partial charge in [-0.05, 0) is 60.6 Å². The molecule has 41 heavy (non-hydrogen) atoms. The number of esters is 2. The maximum Gasteiger partial charge on any atom is 0.416 e. The van der Waals surface area contributed by atoms with Crippen molar-refractivity contribution in [3.05, 3.63) is 54.1 Å². The van der Waals surface area contributed by atoms with Gasteiger partial charge in [0, 0.05) is 29.2 Å². The molecule has 0 unspecified atom stereocenters. The number of benzene rings is 1. The standard InChI is InChI=1S/C32H39F3O6/c1-6-29(4)17-24(30(5)19(2)13-15-31(20(3)28(29)39)16-14-23(36)27(30)31)41-26(38)18-40-25(37)12-11-21-9-7-8-10-22(21)32(33,34)35/h6-12,19-20,24,27-28,39H,1,13-18H2,2-5H3/b12-11+/t19-,20+,24-,27+,28+,29-,30+,31+/m1/s1. The van der Waals surface area contributed by atoms with E-state index in [-0.39, 0.29) is 29.6 Å². The van der Waals surface area contributed by atoms with Crippen molar-refractivity contribution in [3.8, 4) is 0 Å². The molecule has 2 bridgehead atoms. The molecule has 0 amide bonds. The predicted octanol–water partition coefficient (Wildman–Crippen LogP) is 6.17. The maximum absolute atomic E-state index is 13.4. The minimum atomic E-state index is -4.60. The Morgan fingerprint density at radius 2 is 1.85 bits per heavy atom. The summed E-state index contributed by atoms with van der Waals surface area (Å²) >= 11 is 0. The Morgan fingerprint density at radius 1 is 1.17 bits per heavy atom. The van der Waals surface area contributed by atoms with Crippen LogP contribution in [0, 0.1) is 34.0 Å². The smallest absolute Gasteiger partial charge is 0.416 e. The van der Waals surface area contributed by atoms with Crippen molar-refractivity contribution in [1.82, 2.24) is 0 Å². The maximum atomic E-state index is 13.4. The van der Waals surface area contributed by atoms with Crippen molar-refractivity contribution in [2.45, 2.75) is 78.2 Å². The van der Waals surface area contributed by atoms with E-state index in [1.165, 1.54) is 18.2 Å². The Morgan fingerprint density at radius 3 is 2.51 bits per heavy atom. The van der Waals surface area contributed by atoms with Gasteiger partial charge in [0.25, 0.3) is 0 Å². The van der Waals surface area contributed by atoms with E-state index in [1.54, 1.807) is 6.08 Å². The summed E-state index contributed by atoms with van der Waals surface area (Å²) in [5, 5.41) is 11.6. The summed E-state index contributed by atoms with van der Waals surface area (Å²) in [5.74, 6) is -2.24. The third-order valence-corrected chi connectivity index (χ3v) is 10.6. The third kappa shape index (κ3) is 5.38. The Bertz CT molecular complexity index is 1240. The normalized spacial score (nSPS) is 37.2. The third-order valence-electron chi connectivity index (χ3n) is 10.6. The van der Waals surface area contributed by atoms with E-state index in [4.69, 9.17) is 9.47 Å². The van der Waals surface area contributed by atoms with Gasteiger partial charge >= 0.3 is 18.1 Å². The van der Waals surface area contributed by atoms with Crippen LogP contribution < -0.4 is 0 Å². The molecule has 0 heterocycles. The molecule has 3 fully saturated rings. The van der Waals surface area contributed by atoms with E-state index in [9.17, 15) is 32.7 Å². The number of ketones is 1. The van der Waals surface area contributed by atoms with Crippen LogP contribution in [0.4, 0.5) is 13.2 Å². The number of aliphatic hydroxyl groups excluding tert-OH is 1. The number of carbonyl (C=O) groups is 3. The highest BCUT2D eigenvalue weighted by molar-refractivity contribution is 5.89. The molecule has 9 heteroatoms. The summed E-state index contributed by atoms with van der Waals surface area (Å²) in [6.45, 7) is 11.2. The first kappa shape index (κ1) is 31.0. The lowest BCUT2D eigenvalue weighted by atomic mass is 9.44. The average molecular weight is 577 g/mol. The molecule has 0 radical (unpaired) electrons. The van der Waals surface area contributed by atoms with Crippen LogP contribution >= 0.6 is 0 Å². The highest BCUT2D eigenvalue weighted by Gasteiger charge is 2.68. The van der Waals surface area contributed by atoms with Crippen molar-refractivity contribution in [1.29, 1.82) is 0 Å². The molecule has 3 aliphatic carbocycles. The SMILES string of the molecule is C=C[C@]1(C)C[C@@H](OC(=O)COC(=O)/C=C/c2ccccc2C(F)(F)F)[C@]2(C)[C@H](C)CC[C@]3(CCC(=O)[C@H]32)[C@@H](C)[C@@H]1O. The molecule has 0 aromatic heterocycles. The van der Waals surface area contributed by atoms with E-state index >= 15 is 0 Å². The van der Waals surface area contributed by atoms with Crippen LogP contribution in [0.2, 0.25) is 0 Å². The second-order valence-electron chi connectivity index (χ2n) is 12.6. The van der Waals surface area contributed by atoms with E-state index in [0.717, 1.165) is 31.1 Å². The number of alkyl halides is 3. The van der Waals surface area contributed by atoms with Gasteiger partial charge in [0.1, 0.15) is 11.9 Å². The summed E-state index contributed by atoms with van der Waals surface area (Å²) in [5.41, 5.74) is -3.06. The zero-order valence-corrected chi connectivity index (χ0v) is 24.0. The second-order valence-corrected chi connectivity index (χ2v) is 12.6. The van der Waals surface area contributed by atoms with E-state index in [0.29, 0.717) is 12.8 Å². The first-order valence-electron chi connectivity index (χ1n) is 14.1. The van der Waals surface area contributed by atoms with Crippen LogP contribution in [0.25, 0.3) is 6.08 Å². The van der Waals surface area contributed by atoms with Crippen LogP contribution in [0.3, 0.4) is 0 Å². The lowest BCUT2D eigenvalue weighted by molar-refractivity contribution is -0.208. The molecule has 0 aliphatic heterocycles. The van der Waals surface area contributed by atoms with E-state index in [2.05, 4.69) is 13.5 Å². The quantitative estimate of drug-likeness (QED) is 0.248. The van der Waals surface area contributed by atoms with Crippen molar-refractivity contribution >= 4 is 23.8 Å². The Kier molecular flexibility index (Phi) is 8.35. The van der Waals surface area contributed by atoms with Crippen LogP contribution in [-0.4, -0.2) is 41.6 Å². The summed E-state index contributed by atoms with van der Waals surface area (Å²) in [7, 11) is 0. The highest BCUT2D eigenvalue weighted by atomic mass is 19.4. The fraction of sp³-hybridized carbons (Fsp3) is 0.594. The van der Waals surface area contributed by atoms with Gasteiger partial charge < -0.3 is 14.6 Å². The Hall–Kier alpha value is -2.94. The number of Topliss-reactive ketones (excluding diaryl/α,β-unsaturated/α-hetero) is 1. The predicted molar refractivity (Wildman–Crippen MR) is 146 cm³/mol. The van der Waals surface area contributed by atoms with Crippen molar-refractivity contribution < 1.29 is 42.1 Å². The van der Waals surface area contributed by atoms with Gasteiger partial charge in [-0.1, -0.05) is 52.0 Å². The molecular weight excluding hydrogens is 537 g/mol. The Balaban J connectivity index is 1.55. The van der Waals surface area contributed by atoms with E-state index < -0.39 is 64.7 Å². The molecule has 224 valence electrons. The molecule has 6 nitrogen and oxygen atoms in total. The van der Waals surface area contributed by atoms with Gasteiger partial charge in [0.2, 0.25) is 0 Å². The lowest BCUT2D eigenvalue weighted by Gasteiger charge is -2.61. The molecule has 1 aromatic carbocycles. The first-order chi connectivity index (χ1) is 19.1. The minimum Gasteiger partial charge on any atom is -0.459 e. The number of aliphatic hydroxyl groups is 1. The molecule has 3 aliphatic rings. The van der Waals surface area contributed by atoms with Crippen molar-refractivity contribution in [3.63, 3.8) is 0 Å². The van der Waals surface area contributed by atoms with Crippen LogP contribution in [-0.2, 0) is 30.0 Å². The van der Waals surface area contributed by atoms with Gasteiger partial charge in [-0.15, -0.1) is 6.58 Å². The molecule has 0 spiro atoms. The highest BCUT2D eigenvalue weighted by Crippen LogP contribution is 2.68. The largest absolute Gasteiger partial charge is 0.459 e. The summed E-state index contributed by atoms with van der Waals surface area (Å²) in [4.78, 5) is 38.8. The number of halogens is 3. The van der Waals surface area contributed by atoms with Gasteiger partial charge in [0.05, 0.1) is 11.7 Å². The van der Waals surface area contributed by atoms with E-state index in [1.807, 2.05) is 20.8 Å². The molecule has 1 aromatic rings. The summed E-state index contributed by atoms with van der Waals surface area (Å²) in [6, 6.07) is 4.79. The first-order valence-corrected chi connectivity index (χ1v) is 14.1. The van der Waals surface area contributed by atoms with Gasteiger partial charge in [0.15, 0.2) is 6.61 Å². The van der Waals surface area contributed by atoms with Crippen molar-refractivity contribution in [2.75, 3.05) is 6.61 Å². The second kappa shape index (κ2) is 11.0. The van der Waals surface area contributed by atoms with Gasteiger partial charge in [-0.3, -0.25) is 4.79 Å². The fourth-order valence-corrected chi connectivity index (χ4v) is 7.93. The molecular formula is C32H39F3O6. The molecule has 8 atom stereocenters. The van der Waals surface area contributed by atoms with Crippen LogP contribution in [0.1, 0.15) is 70.9 Å². The van der Waals surface area contributed by atoms with Gasteiger partial charge in [-0.25, -0.2) is 9.59 Å². The zero-order chi connectivity index (χ0) is 30.4. The summed E-state index contributed by atoms with van der Waals surface area (Å²) in [6.07, 6.45) is 0.265. The molecule has 1 N–H and O–H groups in total. The van der Waals surface area contributed by atoms with Gasteiger partial charge in [-0.2, -0.15) is 13.2 Å². The molecule has 4 rings (SSSR count). The van der Waals surface area contributed by atoms with Crippen LogP contribution in [0.15, 0.2) is 43.0 Å². The fourth-order valence-electron chi connectivity index (χ4n) is 7.93. The zero-order valence-electron chi connectivity index (χ0n) is 24.0. The number of carbonyl (C=O) groups excluding carboxylic acids is 3. The number of ether oxygens (including phenoxy) is 2. The van der Waals surface area contributed by atoms with Crippen LogP contribution in [0.5, 0.6) is 0 Å². The number of rotatable bonds is 6. The summed E-state index contributed by atoms with van der Waals surface area (Å²) < 4.78 is 50.7. The number of hydrogen-bond donors (Lipinski definition) is 1.